The molecule has 1 aromatic heterocycles. The SMILES string of the molecule is CCc1nc(N(C)C)sc1C(C)(C)N. The molecule has 1 heterocycles. The maximum absolute atomic E-state index is 6.10. The summed E-state index contributed by atoms with van der Waals surface area (Å²) in [4.78, 5) is 7.78. The van der Waals surface area contributed by atoms with Crippen molar-refractivity contribution >= 4 is 16.5 Å². The van der Waals surface area contributed by atoms with Gasteiger partial charge in [-0.1, -0.05) is 18.3 Å². The van der Waals surface area contributed by atoms with E-state index < -0.39 is 0 Å². The molecule has 0 atom stereocenters. The van der Waals surface area contributed by atoms with Gasteiger partial charge in [0, 0.05) is 24.5 Å². The van der Waals surface area contributed by atoms with Crippen LogP contribution in [-0.2, 0) is 12.0 Å². The van der Waals surface area contributed by atoms with Crippen LogP contribution in [0.15, 0.2) is 0 Å². The van der Waals surface area contributed by atoms with Crippen LogP contribution in [0.5, 0.6) is 0 Å². The predicted octanol–water partition coefficient (Wildman–Crippen LogP) is 1.97. The summed E-state index contributed by atoms with van der Waals surface area (Å²) in [7, 11) is 4.01. The van der Waals surface area contributed by atoms with Gasteiger partial charge in [0.1, 0.15) is 0 Å². The summed E-state index contributed by atoms with van der Waals surface area (Å²) in [5, 5.41) is 1.04. The molecule has 0 spiro atoms. The maximum Gasteiger partial charge on any atom is 0.185 e. The van der Waals surface area contributed by atoms with E-state index in [0.29, 0.717) is 0 Å². The van der Waals surface area contributed by atoms with Gasteiger partial charge in [-0.15, -0.1) is 0 Å². The molecule has 0 fully saturated rings. The highest BCUT2D eigenvalue weighted by Gasteiger charge is 2.22. The second kappa shape index (κ2) is 3.87. The molecule has 0 aliphatic heterocycles. The molecule has 0 saturated carbocycles. The molecule has 0 bridgehead atoms. The van der Waals surface area contributed by atoms with Crippen LogP contribution in [0.3, 0.4) is 0 Å². The minimum absolute atomic E-state index is 0.280. The van der Waals surface area contributed by atoms with Crippen LogP contribution in [0.25, 0.3) is 0 Å². The van der Waals surface area contributed by atoms with Crippen molar-refractivity contribution in [2.24, 2.45) is 5.73 Å². The van der Waals surface area contributed by atoms with Crippen molar-refractivity contribution in [2.45, 2.75) is 32.7 Å². The molecule has 14 heavy (non-hydrogen) atoms. The number of hydrogen-bond acceptors (Lipinski definition) is 4. The van der Waals surface area contributed by atoms with Gasteiger partial charge in [0.15, 0.2) is 5.13 Å². The van der Waals surface area contributed by atoms with E-state index in [4.69, 9.17) is 5.73 Å². The lowest BCUT2D eigenvalue weighted by atomic mass is 10.0. The van der Waals surface area contributed by atoms with Crippen molar-refractivity contribution in [3.8, 4) is 0 Å². The van der Waals surface area contributed by atoms with E-state index in [9.17, 15) is 0 Å². The fourth-order valence-corrected chi connectivity index (χ4v) is 2.37. The van der Waals surface area contributed by atoms with E-state index in [1.807, 2.05) is 32.8 Å². The first kappa shape index (κ1) is 11.5. The molecule has 2 N–H and O–H groups in total. The van der Waals surface area contributed by atoms with E-state index in [1.54, 1.807) is 11.3 Å². The van der Waals surface area contributed by atoms with Gasteiger partial charge in [0.05, 0.1) is 5.69 Å². The van der Waals surface area contributed by atoms with Crippen LogP contribution in [0, 0.1) is 0 Å². The molecule has 0 radical (unpaired) electrons. The normalized spacial score (nSPS) is 11.9. The van der Waals surface area contributed by atoms with E-state index >= 15 is 0 Å². The monoisotopic (exact) mass is 213 g/mol. The molecule has 0 amide bonds. The molecular formula is C10H19N3S. The highest BCUT2D eigenvalue weighted by molar-refractivity contribution is 7.15. The Kier molecular flexibility index (Phi) is 3.17. The van der Waals surface area contributed by atoms with Gasteiger partial charge in [-0.2, -0.15) is 0 Å². The molecule has 0 unspecified atom stereocenters. The number of aromatic nitrogens is 1. The van der Waals surface area contributed by atoms with Gasteiger partial charge in [-0.05, 0) is 20.3 Å². The molecule has 0 aliphatic carbocycles. The van der Waals surface area contributed by atoms with Crippen molar-refractivity contribution in [3.05, 3.63) is 10.6 Å². The lowest BCUT2D eigenvalue weighted by Crippen LogP contribution is -2.28. The highest BCUT2D eigenvalue weighted by atomic mass is 32.1. The Labute approximate surface area is 89.9 Å². The summed E-state index contributed by atoms with van der Waals surface area (Å²) in [6.07, 6.45) is 0.945. The van der Waals surface area contributed by atoms with Crippen molar-refractivity contribution < 1.29 is 0 Å². The fraction of sp³-hybridized carbons (Fsp3) is 0.700. The summed E-state index contributed by atoms with van der Waals surface area (Å²) < 4.78 is 0. The zero-order valence-corrected chi connectivity index (χ0v) is 10.4. The second-order valence-electron chi connectivity index (χ2n) is 4.24. The lowest BCUT2D eigenvalue weighted by Gasteiger charge is -2.17. The van der Waals surface area contributed by atoms with Gasteiger partial charge < -0.3 is 10.6 Å². The van der Waals surface area contributed by atoms with Crippen molar-refractivity contribution in [1.29, 1.82) is 0 Å². The van der Waals surface area contributed by atoms with Crippen LogP contribution in [0.1, 0.15) is 31.3 Å². The smallest absolute Gasteiger partial charge is 0.185 e. The Balaban J connectivity index is 3.16. The molecule has 1 aromatic rings. The summed E-state index contributed by atoms with van der Waals surface area (Å²) in [5.41, 5.74) is 6.95. The van der Waals surface area contributed by atoms with Crippen LogP contribution >= 0.6 is 11.3 Å². The highest BCUT2D eigenvalue weighted by Crippen LogP contribution is 2.32. The third-order valence-electron chi connectivity index (χ3n) is 1.99. The molecule has 0 saturated heterocycles. The van der Waals surface area contributed by atoms with Crippen molar-refractivity contribution in [2.75, 3.05) is 19.0 Å². The van der Waals surface area contributed by atoms with Crippen molar-refractivity contribution in [1.82, 2.24) is 4.98 Å². The average Bonchev–Trinajstić information content (AvgIpc) is 2.46. The molecular weight excluding hydrogens is 194 g/mol. The first-order valence-corrected chi connectivity index (χ1v) is 5.64. The Morgan fingerprint density at radius 1 is 1.43 bits per heavy atom. The zero-order valence-electron chi connectivity index (χ0n) is 9.59. The number of nitrogens with two attached hydrogens (primary N) is 1. The average molecular weight is 213 g/mol. The predicted molar refractivity (Wildman–Crippen MR) is 63.0 cm³/mol. The minimum atomic E-state index is -0.280. The Morgan fingerprint density at radius 2 is 2.00 bits per heavy atom. The second-order valence-corrected chi connectivity index (χ2v) is 5.22. The van der Waals surface area contributed by atoms with Gasteiger partial charge >= 0.3 is 0 Å². The van der Waals surface area contributed by atoms with Crippen LogP contribution in [0.2, 0.25) is 0 Å². The topological polar surface area (TPSA) is 42.2 Å². The van der Waals surface area contributed by atoms with Gasteiger partial charge in [0.2, 0.25) is 0 Å². The van der Waals surface area contributed by atoms with E-state index in [0.717, 1.165) is 17.2 Å². The number of hydrogen-bond donors (Lipinski definition) is 1. The number of nitrogens with zero attached hydrogens (tertiary/aromatic N) is 2. The molecule has 0 aliphatic rings. The maximum atomic E-state index is 6.10. The molecule has 1 rings (SSSR count). The molecule has 80 valence electrons. The summed E-state index contributed by atoms with van der Waals surface area (Å²) in [6, 6.07) is 0. The summed E-state index contributed by atoms with van der Waals surface area (Å²) in [5.74, 6) is 0. The summed E-state index contributed by atoms with van der Waals surface area (Å²) >= 11 is 1.69. The Bertz CT molecular complexity index is 310. The van der Waals surface area contributed by atoms with Crippen LogP contribution in [0.4, 0.5) is 5.13 Å². The number of aryl methyl sites for hydroxylation is 1. The fourth-order valence-electron chi connectivity index (χ4n) is 1.27. The van der Waals surface area contributed by atoms with Crippen molar-refractivity contribution in [3.63, 3.8) is 0 Å². The van der Waals surface area contributed by atoms with E-state index in [-0.39, 0.29) is 5.54 Å². The number of rotatable bonds is 3. The summed E-state index contributed by atoms with van der Waals surface area (Å²) in [6.45, 7) is 6.17. The number of anilines is 1. The molecule has 4 heteroatoms. The zero-order chi connectivity index (χ0) is 10.9. The van der Waals surface area contributed by atoms with Gasteiger partial charge in [-0.3, -0.25) is 0 Å². The van der Waals surface area contributed by atoms with Gasteiger partial charge in [0.25, 0.3) is 0 Å². The third kappa shape index (κ3) is 2.25. The minimum Gasteiger partial charge on any atom is -0.354 e. The van der Waals surface area contributed by atoms with Crippen LogP contribution < -0.4 is 10.6 Å². The molecule has 0 aromatic carbocycles. The van der Waals surface area contributed by atoms with Crippen LogP contribution in [-0.4, -0.2) is 19.1 Å². The lowest BCUT2D eigenvalue weighted by molar-refractivity contribution is 0.559. The first-order valence-electron chi connectivity index (χ1n) is 4.82. The van der Waals surface area contributed by atoms with Gasteiger partial charge in [-0.25, -0.2) is 4.98 Å². The van der Waals surface area contributed by atoms with E-state index in [2.05, 4.69) is 11.9 Å². The number of thiazole rings is 1. The Hall–Kier alpha value is -0.610. The standard InChI is InChI=1S/C10H19N3S/c1-6-7-8(10(2,3)11)14-9(12-7)13(4)5/h6,11H2,1-5H3. The quantitative estimate of drug-likeness (QED) is 0.834. The largest absolute Gasteiger partial charge is 0.354 e. The molecule has 3 nitrogen and oxygen atoms in total. The first-order chi connectivity index (χ1) is 6.36. The Morgan fingerprint density at radius 3 is 2.29 bits per heavy atom. The van der Waals surface area contributed by atoms with E-state index in [1.165, 1.54) is 4.88 Å². The third-order valence-corrected chi connectivity index (χ3v) is 3.59.